The number of sulfonamides is 1. The summed E-state index contributed by atoms with van der Waals surface area (Å²) in [7, 11) is -3.74. The zero-order chi connectivity index (χ0) is 21.6. The fraction of sp³-hybridized carbons (Fsp3) is 0.273. The quantitative estimate of drug-likeness (QED) is 0.620. The SMILES string of the molecule is O=C1OCc2cc(F)ccc2N1C1CCN(S(=O)(=O)c2cccc3cccnc23)CC1. The summed E-state index contributed by atoms with van der Waals surface area (Å²) in [5.74, 6) is -0.388. The van der Waals surface area contributed by atoms with Gasteiger partial charge in [0.25, 0.3) is 0 Å². The lowest BCUT2D eigenvalue weighted by Crippen LogP contribution is -2.50. The van der Waals surface area contributed by atoms with Gasteiger partial charge in [0, 0.05) is 36.3 Å². The number of amides is 1. The molecule has 9 heteroatoms. The first-order valence-corrected chi connectivity index (χ1v) is 11.5. The maximum atomic E-state index is 13.6. The number of hydrogen-bond acceptors (Lipinski definition) is 5. The Kier molecular flexibility index (Phi) is 4.86. The van der Waals surface area contributed by atoms with Crippen LogP contribution in [0, 0.1) is 5.82 Å². The van der Waals surface area contributed by atoms with Crippen LogP contribution in [0.5, 0.6) is 0 Å². The fourth-order valence-corrected chi connectivity index (χ4v) is 5.96. The van der Waals surface area contributed by atoms with Crippen molar-refractivity contribution >= 4 is 32.7 Å². The summed E-state index contributed by atoms with van der Waals surface area (Å²) in [5.41, 5.74) is 1.68. The number of piperidine rings is 1. The number of aromatic nitrogens is 1. The summed E-state index contributed by atoms with van der Waals surface area (Å²) in [6.07, 6.45) is 1.99. The van der Waals surface area contributed by atoms with Crippen LogP contribution in [0.1, 0.15) is 18.4 Å². The Hall–Kier alpha value is -3.04. The van der Waals surface area contributed by atoms with Crippen LogP contribution in [0.2, 0.25) is 0 Å². The molecule has 3 aromatic rings. The molecule has 2 aliphatic heterocycles. The van der Waals surface area contributed by atoms with Crippen LogP contribution in [0.3, 0.4) is 0 Å². The Morgan fingerprint density at radius 3 is 2.65 bits per heavy atom. The maximum Gasteiger partial charge on any atom is 0.414 e. The van der Waals surface area contributed by atoms with E-state index in [0.717, 1.165) is 5.39 Å². The van der Waals surface area contributed by atoms with E-state index in [9.17, 15) is 17.6 Å². The van der Waals surface area contributed by atoms with Gasteiger partial charge in [0.2, 0.25) is 10.0 Å². The molecule has 7 nitrogen and oxygen atoms in total. The van der Waals surface area contributed by atoms with E-state index in [0.29, 0.717) is 29.6 Å². The highest BCUT2D eigenvalue weighted by molar-refractivity contribution is 7.89. The standard InChI is InChI=1S/C22H20FN3O4S/c23-17-6-7-19-16(13-17)14-30-22(27)26(19)18-8-11-25(12-9-18)31(28,29)20-5-1-3-15-4-2-10-24-21(15)20/h1-7,10,13,18H,8-9,11-12,14H2. The zero-order valence-electron chi connectivity index (χ0n) is 16.6. The van der Waals surface area contributed by atoms with Crippen molar-refractivity contribution in [2.45, 2.75) is 30.4 Å². The topological polar surface area (TPSA) is 79.8 Å². The summed E-state index contributed by atoms with van der Waals surface area (Å²) < 4.78 is 46.9. The van der Waals surface area contributed by atoms with E-state index < -0.39 is 16.1 Å². The van der Waals surface area contributed by atoms with Crippen LogP contribution in [0.25, 0.3) is 10.9 Å². The van der Waals surface area contributed by atoms with Crippen molar-refractivity contribution in [3.8, 4) is 0 Å². The Balaban J connectivity index is 1.39. The zero-order valence-corrected chi connectivity index (χ0v) is 17.4. The third-order valence-corrected chi connectivity index (χ3v) is 7.78. The number of fused-ring (bicyclic) bond motifs is 2. The summed E-state index contributed by atoms with van der Waals surface area (Å²) >= 11 is 0. The van der Waals surface area contributed by atoms with Crippen molar-refractivity contribution in [1.29, 1.82) is 0 Å². The van der Waals surface area contributed by atoms with Crippen molar-refractivity contribution in [3.05, 3.63) is 66.1 Å². The molecule has 0 unspecified atom stereocenters. The molecule has 1 amide bonds. The predicted molar refractivity (Wildman–Crippen MR) is 113 cm³/mol. The highest BCUT2D eigenvalue weighted by Crippen LogP contribution is 2.34. The number of nitrogens with zero attached hydrogens (tertiary/aromatic N) is 3. The molecule has 160 valence electrons. The van der Waals surface area contributed by atoms with Crippen LogP contribution < -0.4 is 4.90 Å². The van der Waals surface area contributed by atoms with Crippen LogP contribution in [0.15, 0.2) is 59.6 Å². The third kappa shape index (κ3) is 3.43. The van der Waals surface area contributed by atoms with E-state index in [1.165, 1.54) is 21.3 Å². The molecule has 31 heavy (non-hydrogen) atoms. The Labute approximate surface area is 179 Å². The minimum absolute atomic E-state index is 0.0315. The number of ether oxygens (including phenoxy) is 1. The number of anilines is 1. The molecule has 1 aromatic heterocycles. The van der Waals surface area contributed by atoms with Gasteiger partial charge in [-0.1, -0.05) is 18.2 Å². The molecule has 1 saturated heterocycles. The highest BCUT2D eigenvalue weighted by atomic mass is 32.2. The number of halogens is 1. The van der Waals surface area contributed by atoms with Crippen LogP contribution >= 0.6 is 0 Å². The average Bonchev–Trinajstić information content (AvgIpc) is 2.79. The molecule has 5 rings (SSSR count). The predicted octanol–water partition coefficient (Wildman–Crippen LogP) is 3.68. The normalized spacial score (nSPS) is 18.1. The van der Waals surface area contributed by atoms with Gasteiger partial charge in [-0.2, -0.15) is 4.31 Å². The molecule has 0 spiro atoms. The van der Waals surface area contributed by atoms with Gasteiger partial charge in [-0.05, 0) is 43.2 Å². The summed E-state index contributed by atoms with van der Waals surface area (Å²) in [6, 6.07) is 12.7. The molecule has 0 saturated carbocycles. The molecule has 0 radical (unpaired) electrons. The fourth-order valence-electron chi connectivity index (χ4n) is 4.32. The molecule has 0 atom stereocenters. The molecule has 1 fully saturated rings. The Bertz CT molecular complexity index is 1270. The number of benzene rings is 2. The Morgan fingerprint density at radius 2 is 1.84 bits per heavy atom. The second-order valence-electron chi connectivity index (χ2n) is 7.66. The van der Waals surface area contributed by atoms with Crippen molar-refractivity contribution in [1.82, 2.24) is 9.29 Å². The van der Waals surface area contributed by atoms with Gasteiger partial charge in [0.05, 0.1) is 11.2 Å². The van der Waals surface area contributed by atoms with Gasteiger partial charge in [0.15, 0.2) is 0 Å². The smallest absolute Gasteiger partial charge is 0.414 e. The first-order chi connectivity index (χ1) is 14.9. The van der Waals surface area contributed by atoms with Gasteiger partial charge < -0.3 is 4.74 Å². The Morgan fingerprint density at radius 1 is 1.06 bits per heavy atom. The number of rotatable bonds is 3. The van der Waals surface area contributed by atoms with Crippen molar-refractivity contribution in [2.75, 3.05) is 18.0 Å². The van der Waals surface area contributed by atoms with Gasteiger partial charge in [-0.3, -0.25) is 9.88 Å². The number of para-hydroxylation sites is 1. The number of carbonyl (C=O) groups is 1. The lowest BCUT2D eigenvalue weighted by Gasteiger charge is -2.39. The first-order valence-electron chi connectivity index (χ1n) is 10.0. The lowest BCUT2D eigenvalue weighted by atomic mass is 10.0. The molecular weight excluding hydrogens is 421 g/mol. The minimum atomic E-state index is -3.74. The third-order valence-electron chi connectivity index (χ3n) is 5.85. The lowest BCUT2D eigenvalue weighted by molar-refractivity contribution is 0.135. The van der Waals surface area contributed by atoms with E-state index in [4.69, 9.17) is 4.74 Å². The van der Waals surface area contributed by atoms with Crippen molar-refractivity contribution in [2.24, 2.45) is 0 Å². The van der Waals surface area contributed by atoms with E-state index in [1.54, 1.807) is 30.5 Å². The van der Waals surface area contributed by atoms with Gasteiger partial charge in [-0.25, -0.2) is 17.6 Å². The molecular formula is C22H20FN3O4S. The molecule has 2 aromatic carbocycles. The van der Waals surface area contributed by atoms with Crippen LogP contribution in [-0.4, -0.2) is 42.9 Å². The van der Waals surface area contributed by atoms with E-state index in [2.05, 4.69) is 4.98 Å². The van der Waals surface area contributed by atoms with Crippen molar-refractivity contribution in [3.63, 3.8) is 0 Å². The monoisotopic (exact) mass is 441 g/mol. The number of cyclic esters (lactones) is 1. The van der Waals surface area contributed by atoms with E-state index in [1.807, 2.05) is 12.1 Å². The number of hydrogen-bond donors (Lipinski definition) is 0. The summed E-state index contributed by atoms with van der Waals surface area (Å²) in [6.45, 7) is 0.552. The number of carbonyl (C=O) groups excluding carboxylic acids is 1. The highest BCUT2D eigenvalue weighted by Gasteiger charge is 2.37. The molecule has 3 heterocycles. The average molecular weight is 441 g/mol. The van der Waals surface area contributed by atoms with E-state index in [-0.39, 0.29) is 36.5 Å². The van der Waals surface area contributed by atoms with Gasteiger partial charge in [0.1, 0.15) is 17.3 Å². The van der Waals surface area contributed by atoms with Crippen molar-refractivity contribution < 1.29 is 22.3 Å². The van der Waals surface area contributed by atoms with Crippen LogP contribution in [-0.2, 0) is 21.4 Å². The van der Waals surface area contributed by atoms with Crippen LogP contribution in [0.4, 0.5) is 14.9 Å². The minimum Gasteiger partial charge on any atom is -0.444 e. The molecule has 2 aliphatic rings. The summed E-state index contributed by atoms with van der Waals surface area (Å²) in [5, 5.41) is 0.762. The van der Waals surface area contributed by atoms with Gasteiger partial charge >= 0.3 is 6.09 Å². The second kappa shape index (κ2) is 7.58. The number of pyridine rings is 1. The molecule has 0 bridgehead atoms. The van der Waals surface area contributed by atoms with Gasteiger partial charge in [-0.15, -0.1) is 0 Å². The second-order valence-corrected chi connectivity index (χ2v) is 9.57. The van der Waals surface area contributed by atoms with E-state index >= 15 is 0 Å². The molecule has 0 aliphatic carbocycles. The first kappa shape index (κ1) is 19.9. The summed E-state index contributed by atoms with van der Waals surface area (Å²) in [4.78, 5) is 18.4. The maximum absolute atomic E-state index is 13.6. The largest absolute Gasteiger partial charge is 0.444 e. The molecule has 0 N–H and O–H groups in total.